The van der Waals surface area contributed by atoms with Crippen LogP contribution in [0.4, 0.5) is 4.39 Å². The molecule has 1 aliphatic carbocycles. The first kappa shape index (κ1) is 19.2. The molecule has 3 rings (SSSR count). The predicted octanol–water partition coefficient (Wildman–Crippen LogP) is 3.05. The third-order valence-electron chi connectivity index (χ3n) is 4.65. The lowest BCUT2D eigenvalue weighted by Gasteiger charge is -2.22. The van der Waals surface area contributed by atoms with Crippen molar-refractivity contribution >= 4 is 5.91 Å². The van der Waals surface area contributed by atoms with Gasteiger partial charge in [-0.2, -0.15) is 0 Å². The number of rotatable bonds is 9. The zero-order valence-electron chi connectivity index (χ0n) is 15.6. The first-order valence-corrected chi connectivity index (χ1v) is 9.08. The van der Waals surface area contributed by atoms with Gasteiger partial charge < -0.3 is 20.1 Å². The summed E-state index contributed by atoms with van der Waals surface area (Å²) in [6.07, 6.45) is 2.45. The van der Waals surface area contributed by atoms with Crippen molar-refractivity contribution in [2.75, 3.05) is 27.3 Å². The lowest BCUT2D eigenvalue weighted by molar-refractivity contribution is -0.120. The molecule has 1 atom stereocenters. The van der Waals surface area contributed by atoms with E-state index in [4.69, 9.17) is 9.47 Å². The third kappa shape index (κ3) is 5.20. The topological polar surface area (TPSA) is 59.6 Å². The van der Waals surface area contributed by atoms with Gasteiger partial charge in [-0.25, -0.2) is 4.39 Å². The van der Waals surface area contributed by atoms with Crippen molar-refractivity contribution in [2.24, 2.45) is 5.92 Å². The van der Waals surface area contributed by atoms with E-state index in [1.807, 2.05) is 24.3 Å². The van der Waals surface area contributed by atoms with Crippen molar-refractivity contribution in [3.8, 4) is 11.5 Å². The summed E-state index contributed by atoms with van der Waals surface area (Å²) in [6.45, 7) is 1.06. The van der Waals surface area contributed by atoms with E-state index in [1.54, 1.807) is 13.2 Å². The van der Waals surface area contributed by atoms with Gasteiger partial charge in [0.05, 0.1) is 26.8 Å². The largest absolute Gasteiger partial charge is 0.497 e. The number of ether oxygens (including phenoxy) is 2. The average molecular weight is 372 g/mol. The molecule has 0 saturated heterocycles. The standard InChI is InChI=1S/C21H25FN2O3/c1-26-17-5-3-4-15(10-17)21(18-11-16(22)8-9-19(18)27-2)24-20(25)13-23-12-14-6-7-14/h3-5,8-11,14,21,23H,6-7,12-13H2,1-2H3,(H,24,25). The van der Waals surface area contributed by atoms with Crippen molar-refractivity contribution in [3.05, 3.63) is 59.4 Å². The fourth-order valence-corrected chi connectivity index (χ4v) is 3.02. The number of methoxy groups -OCH3 is 2. The van der Waals surface area contributed by atoms with Gasteiger partial charge in [-0.1, -0.05) is 12.1 Å². The molecule has 0 bridgehead atoms. The fourth-order valence-electron chi connectivity index (χ4n) is 3.02. The van der Waals surface area contributed by atoms with E-state index < -0.39 is 6.04 Å². The maximum Gasteiger partial charge on any atom is 0.234 e. The highest BCUT2D eigenvalue weighted by Gasteiger charge is 2.23. The zero-order chi connectivity index (χ0) is 19.2. The van der Waals surface area contributed by atoms with E-state index in [9.17, 15) is 9.18 Å². The summed E-state index contributed by atoms with van der Waals surface area (Å²) in [5.41, 5.74) is 1.34. The Morgan fingerprint density at radius 1 is 1.19 bits per heavy atom. The highest BCUT2D eigenvalue weighted by atomic mass is 19.1. The Balaban J connectivity index is 1.86. The van der Waals surface area contributed by atoms with Crippen LogP contribution in [0.1, 0.15) is 30.0 Å². The van der Waals surface area contributed by atoms with Gasteiger partial charge in [0.2, 0.25) is 5.91 Å². The van der Waals surface area contributed by atoms with Crippen molar-refractivity contribution < 1.29 is 18.7 Å². The number of carbonyl (C=O) groups is 1. The number of carbonyl (C=O) groups excluding carboxylic acids is 1. The molecule has 1 unspecified atom stereocenters. The molecule has 1 fully saturated rings. The van der Waals surface area contributed by atoms with Gasteiger partial charge in [-0.3, -0.25) is 4.79 Å². The van der Waals surface area contributed by atoms with E-state index in [1.165, 1.54) is 32.1 Å². The smallest absolute Gasteiger partial charge is 0.234 e. The number of hydrogen-bond acceptors (Lipinski definition) is 4. The predicted molar refractivity (Wildman–Crippen MR) is 102 cm³/mol. The first-order chi connectivity index (χ1) is 13.1. The molecule has 27 heavy (non-hydrogen) atoms. The number of amides is 1. The molecule has 5 nitrogen and oxygen atoms in total. The quantitative estimate of drug-likeness (QED) is 0.710. The summed E-state index contributed by atoms with van der Waals surface area (Å²) < 4.78 is 24.6. The Bertz CT molecular complexity index is 793. The average Bonchev–Trinajstić information content (AvgIpc) is 3.50. The SMILES string of the molecule is COc1cccc(C(NC(=O)CNCC2CC2)c2cc(F)ccc2OC)c1. The van der Waals surface area contributed by atoms with Crippen LogP contribution in [0.3, 0.4) is 0 Å². The van der Waals surface area contributed by atoms with Gasteiger partial charge in [0.25, 0.3) is 0 Å². The fraction of sp³-hybridized carbons (Fsp3) is 0.381. The summed E-state index contributed by atoms with van der Waals surface area (Å²) in [5.74, 6) is 1.31. The summed E-state index contributed by atoms with van der Waals surface area (Å²) in [4.78, 5) is 12.5. The molecule has 0 aliphatic heterocycles. The second kappa shape index (κ2) is 8.86. The molecule has 2 aromatic carbocycles. The Labute approximate surface area is 158 Å². The maximum atomic E-state index is 13.9. The van der Waals surface area contributed by atoms with E-state index in [0.29, 0.717) is 23.0 Å². The Morgan fingerprint density at radius 2 is 2.00 bits per heavy atom. The van der Waals surface area contributed by atoms with Crippen LogP contribution in [0.25, 0.3) is 0 Å². The summed E-state index contributed by atoms with van der Waals surface area (Å²) >= 11 is 0. The van der Waals surface area contributed by atoms with E-state index >= 15 is 0 Å². The minimum atomic E-state index is -0.555. The summed E-state index contributed by atoms with van der Waals surface area (Å²) in [6, 6.07) is 11.1. The molecule has 2 N–H and O–H groups in total. The normalized spacial score (nSPS) is 14.5. The molecule has 2 aromatic rings. The minimum Gasteiger partial charge on any atom is -0.497 e. The second-order valence-electron chi connectivity index (χ2n) is 6.74. The molecule has 0 radical (unpaired) electrons. The zero-order valence-corrected chi connectivity index (χ0v) is 15.6. The van der Waals surface area contributed by atoms with Crippen LogP contribution in [0, 0.1) is 11.7 Å². The monoisotopic (exact) mass is 372 g/mol. The van der Waals surface area contributed by atoms with Crippen molar-refractivity contribution in [3.63, 3.8) is 0 Å². The molecular weight excluding hydrogens is 347 g/mol. The Kier molecular flexibility index (Phi) is 6.29. The highest BCUT2D eigenvalue weighted by molar-refractivity contribution is 5.79. The van der Waals surface area contributed by atoms with Crippen LogP contribution in [0.2, 0.25) is 0 Å². The van der Waals surface area contributed by atoms with Crippen molar-refractivity contribution in [2.45, 2.75) is 18.9 Å². The Hall–Kier alpha value is -2.60. The van der Waals surface area contributed by atoms with Crippen molar-refractivity contribution in [1.29, 1.82) is 0 Å². The maximum absolute atomic E-state index is 13.9. The van der Waals surface area contributed by atoms with E-state index in [2.05, 4.69) is 10.6 Å². The molecule has 1 saturated carbocycles. The number of nitrogens with one attached hydrogen (secondary N) is 2. The number of hydrogen-bond donors (Lipinski definition) is 2. The molecule has 0 aromatic heterocycles. The summed E-state index contributed by atoms with van der Waals surface area (Å²) in [5, 5.41) is 6.17. The van der Waals surface area contributed by atoms with Crippen LogP contribution < -0.4 is 20.1 Å². The van der Waals surface area contributed by atoms with Gasteiger partial charge >= 0.3 is 0 Å². The molecule has 144 valence electrons. The molecule has 0 spiro atoms. The summed E-state index contributed by atoms with van der Waals surface area (Å²) in [7, 11) is 3.11. The van der Waals surface area contributed by atoms with Crippen LogP contribution >= 0.6 is 0 Å². The second-order valence-corrected chi connectivity index (χ2v) is 6.74. The minimum absolute atomic E-state index is 0.158. The van der Waals surface area contributed by atoms with E-state index in [0.717, 1.165) is 12.1 Å². The van der Waals surface area contributed by atoms with Crippen LogP contribution in [0.15, 0.2) is 42.5 Å². The van der Waals surface area contributed by atoms with Gasteiger partial charge in [0, 0.05) is 5.56 Å². The van der Waals surface area contributed by atoms with Gasteiger partial charge in [-0.15, -0.1) is 0 Å². The Morgan fingerprint density at radius 3 is 2.70 bits per heavy atom. The molecule has 1 amide bonds. The van der Waals surface area contributed by atoms with Gasteiger partial charge in [-0.05, 0) is 61.2 Å². The molecule has 6 heteroatoms. The molecule has 0 heterocycles. The number of benzene rings is 2. The first-order valence-electron chi connectivity index (χ1n) is 9.08. The molecular formula is C21H25FN2O3. The lowest BCUT2D eigenvalue weighted by atomic mass is 9.97. The number of halogens is 1. The van der Waals surface area contributed by atoms with Crippen molar-refractivity contribution in [1.82, 2.24) is 10.6 Å². The van der Waals surface area contributed by atoms with E-state index in [-0.39, 0.29) is 18.3 Å². The van der Waals surface area contributed by atoms with Gasteiger partial charge in [0.15, 0.2) is 0 Å². The lowest BCUT2D eigenvalue weighted by Crippen LogP contribution is -2.37. The van der Waals surface area contributed by atoms with Crippen LogP contribution in [-0.2, 0) is 4.79 Å². The van der Waals surface area contributed by atoms with Crippen LogP contribution in [-0.4, -0.2) is 33.2 Å². The van der Waals surface area contributed by atoms with Crippen LogP contribution in [0.5, 0.6) is 11.5 Å². The van der Waals surface area contributed by atoms with Gasteiger partial charge in [0.1, 0.15) is 17.3 Å². The molecule has 1 aliphatic rings. The highest BCUT2D eigenvalue weighted by Crippen LogP contribution is 2.32. The third-order valence-corrected chi connectivity index (χ3v) is 4.65.